The van der Waals surface area contributed by atoms with E-state index in [1.54, 1.807) is 0 Å². The van der Waals surface area contributed by atoms with Gasteiger partial charge in [-0.2, -0.15) is 0 Å². The number of carbonyl (C=O) groups excluding carboxylic acids is 1. The van der Waals surface area contributed by atoms with Crippen LogP contribution in [0.4, 0.5) is 0 Å². The van der Waals surface area contributed by atoms with Crippen LogP contribution < -0.4 is 5.32 Å². The molecule has 1 aliphatic heterocycles. The Kier molecular flexibility index (Phi) is 6.40. The minimum atomic E-state index is -3.23. The summed E-state index contributed by atoms with van der Waals surface area (Å²) in [5.41, 5.74) is 3.66. The molecule has 1 atom stereocenters. The molecule has 0 unspecified atom stereocenters. The Hall–Kier alpha value is -1.40. The first-order valence-corrected chi connectivity index (χ1v) is 10.5. The van der Waals surface area contributed by atoms with E-state index < -0.39 is 10.0 Å². The highest BCUT2D eigenvalue weighted by atomic mass is 32.2. The highest BCUT2D eigenvalue weighted by molar-refractivity contribution is 7.88. The first kappa shape index (κ1) is 18.9. The van der Waals surface area contributed by atoms with Crippen molar-refractivity contribution in [2.24, 2.45) is 5.92 Å². The number of piperidine rings is 1. The summed E-state index contributed by atoms with van der Waals surface area (Å²) in [6.45, 7) is 5.54. The molecular weight excluding hydrogens is 324 g/mol. The zero-order valence-corrected chi connectivity index (χ0v) is 15.7. The number of nitrogens with zero attached hydrogens (tertiary/aromatic N) is 1. The van der Waals surface area contributed by atoms with E-state index in [-0.39, 0.29) is 11.8 Å². The van der Waals surface area contributed by atoms with Crippen LogP contribution in [-0.2, 0) is 34.2 Å². The molecule has 0 saturated carbocycles. The molecule has 1 aromatic carbocycles. The van der Waals surface area contributed by atoms with Gasteiger partial charge in [0, 0.05) is 19.6 Å². The van der Waals surface area contributed by atoms with Gasteiger partial charge in [0.25, 0.3) is 0 Å². The smallest absolute Gasteiger partial charge is 0.224 e. The maximum atomic E-state index is 12.5. The van der Waals surface area contributed by atoms with Crippen molar-refractivity contribution < 1.29 is 13.2 Å². The zero-order valence-electron chi connectivity index (χ0n) is 14.8. The van der Waals surface area contributed by atoms with Gasteiger partial charge in [-0.05, 0) is 42.4 Å². The van der Waals surface area contributed by atoms with Gasteiger partial charge in [0.05, 0.1) is 12.2 Å². The molecule has 1 N–H and O–H groups in total. The summed E-state index contributed by atoms with van der Waals surface area (Å²) in [4.78, 5) is 12.5. The van der Waals surface area contributed by atoms with Gasteiger partial charge in [0.15, 0.2) is 0 Å². The fraction of sp³-hybridized carbons (Fsp3) is 0.611. The molecule has 1 heterocycles. The minimum absolute atomic E-state index is 0.0488. The molecule has 1 fully saturated rings. The second-order valence-corrected chi connectivity index (χ2v) is 8.47. The van der Waals surface area contributed by atoms with E-state index in [0.717, 1.165) is 31.2 Å². The van der Waals surface area contributed by atoms with Crippen LogP contribution in [0, 0.1) is 5.92 Å². The van der Waals surface area contributed by atoms with Crippen molar-refractivity contribution >= 4 is 15.9 Å². The summed E-state index contributed by atoms with van der Waals surface area (Å²) >= 11 is 0. The lowest BCUT2D eigenvalue weighted by molar-refractivity contribution is -0.126. The standard InChI is InChI=1S/C18H28N2O3S/c1-4-14-8-9-15(5-2)17(11-14)12-19-18(21)16-7-6-10-20(13-16)24(3,22)23/h8-9,11,16H,4-7,10,12-13H2,1-3H3,(H,19,21)/t16-/m0/s1. The fourth-order valence-corrected chi connectivity index (χ4v) is 4.10. The number of aryl methyl sites for hydroxylation is 2. The van der Waals surface area contributed by atoms with Gasteiger partial charge in [-0.3, -0.25) is 4.79 Å². The molecule has 24 heavy (non-hydrogen) atoms. The molecule has 1 amide bonds. The summed E-state index contributed by atoms with van der Waals surface area (Å²) < 4.78 is 24.8. The Bertz CT molecular complexity index is 686. The maximum absolute atomic E-state index is 12.5. The van der Waals surface area contributed by atoms with Crippen LogP contribution >= 0.6 is 0 Å². The van der Waals surface area contributed by atoms with Crippen molar-refractivity contribution in [3.05, 3.63) is 34.9 Å². The highest BCUT2D eigenvalue weighted by Gasteiger charge is 2.30. The van der Waals surface area contributed by atoms with Gasteiger partial charge in [-0.25, -0.2) is 12.7 Å². The lowest BCUT2D eigenvalue weighted by Crippen LogP contribution is -2.44. The number of hydrogen-bond acceptors (Lipinski definition) is 3. The van der Waals surface area contributed by atoms with E-state index in [1.807, 2.05) is 0 Å². The van der Waals surface area contributed by atoms with Crippen molar-refractivity contribution in [2.45, 2.75) is 46.1 Å². The van der Waals surface area contributed by atoms with Gasteiger partial charge in [0.2, 0.25) is 15.9 Å². The van der Waals surface area contributed by atoms with Crippen LogP contribution in [0.2, 0.25) is 0 Å². The number of amides is 1. The van der Waals surface area contributed by atoms with Crippen LogP contribution in [0.3, 0.4) is 0 Å². The first-order valence-electron chi connectivity index (χ1n) is 8.68. The van der Waals surface area contributed by atoms with Gasteiger partial charge in [-0.15, -0.1) is 0 Å². The monoisotopic (exact) mass is 352 g/mol. The third-order valence-corrected chi connectivity index (χ3v) is 6.01. The number of carbonyl (C=O) groups is 1. The van der Waals surface area contributed by atoms with Crippen LogP contribution in [0.25, 0.3) is 0 Å². The predicted molar refractivity (Wildman–Crippen MR) is 96.2 cm³/mol. The largest absolute Gasteiger partial charge is 0.352 e. The maximum Gasteiger partial charge on any atom is 0.224 e. The lowest BCUT2D eigenvalue weighted by atomic mass is 9.97. The molecule has 5 nitrogen and oxygen atoms in total. The van der Waals surface area contributed by atoms with Crippen molar-refractivity contribution in [1.29, 1.82) is 0 Å². The highest BCUT2D eigenvalue weighted by Crippen LogP contribution is 2.19. The molecule has 0 aliphatic carbocycles. The van der Waals surface area contributed by atoms with Crippen LogP contribution in [-0.4, -0.2) is 38.0 Å². The second kappa shape index (κ2) is 8.12. The molecular formula is C18H28N2O3S. The number of rotatable bonds is 6. The molecule has 0 aromatic heterocycles. The molecule has 2 rings (SSSR count). The van der Waals surface area contributed by atoms with Crippen molar-refractivity contribution in [2.75, 3.05) is 19.3 Å². The first-order chi connectivity index (χ1) is 11.3. The van der Waals surface area contributed by atoms with E-state index in [9.17, 15) is 13.2 Å². The van der Waals surface area contributed by atoms with E-state index in [0.29, 0.717) is 19.6 Å². The Morgan fingerprint density at radius 2 is 2.00 bits per heavy atom. The SMILES string of the molecule is CCc1ccc(CC)c(CNC(=O)[C@H]2CCCN(S(C)(=O)=O)C2)c1. The third kappa shape index (κ3) is 4.80. The Morgan fingerprint density at radius 1 is 1.25 bits per heavy atom. The predicted octanol–water partition coefficient (Wildman–Crippen LogP) is 2.10. The number of sulfonamides is 1. The third-order valence-electron chi connectivity index (χ3n) is 4.74. The molecule has 6 heteroatoms. The quantitative estimate of drug-likeness (QED) is 0.852. The van der Waals surface area contributed by atoms with Crippen molar-refractivity contribution in [1.82, 2.24) is 9.62 Å². The Morgan fingerprint density at radius 3 is 2.62 bits per heavy atom. The normalized spacial score (nSPS) is 19.2. The minimum Gasteiger partial charge on any atom is -0.352 e. The Labute approximate surface area is 145 Å². The van der Waals surface area contributed by atoms with E-state index in [1.165, 1.54) is 21.7 Å². The molecule has 0 bridgehead atoms. The van der Waals surface area contributed by atoms with Crippen molar-refractivity contribution in [3.8, 4) is 0 Å². The summed E-state index contributed by atoms with van der Waals surface area (Å²) in [6, 6.07) is 6.42. The van der Waals surface area contributed by atoms with Gasteiger partial charge < -0.3 is 5.32 Å². The average Bonchev–Trinajstić information content (AvgIpc) is 2.58. The summed E-state index contributed by atoms with van der Waals surface area (Å²) in [5, 5.41) is 3.01. The van der Waals surface area contributed by atoms with E-state index in [2.05, 4.69) is 37.4 Å². The molecule has 0 spiro atoms. The fourth-order valence-electron chi connectivity index (χ4n) is 3.19. The topological polar surface area (TPSA) is 66.5 Å². The molecule has 1 aliphatic rings. The number of hydrogen-bond donors (Lipinski definition) is 1. The van der Waals surface area contributed by atoms with Crippen LogP contribution in [0.5, 0.6) is 0 Å². The van der Waals surface area contributed by atoms with E-state index >= 15 is 0 Å². The van der Waals surface area contributed by atoms with Gasteiger partial charge >= 0.3 is 0 Å². The number of nitrogens with one attached hydrogen (secondary N) is 1. The second-order valence-electron chi connectivity index (χ2n) is 6.49. The Balaban J connectivity index is 2.00. The average molecular weight is 353 g/mol. The molecule has 1 aromatic rings. The summed E-state index contributed by atoms with van der Waals surface area (Å²) in [6.07, 6.45) is 4.58. The molecule has 134 valence electrons. The summed E-state index contributed by atoms with van der Waals surface area (Å²) in [5.74, 6) is -0.305. The van der Waals surface area contributed by atoms with Crippen LogP contribution in [0.15, 0.2) is 18.2 Å². The van der Waals surface area contributed by atoms with E-state index in [4.69, 9.17) is 0 Å². The molecule has 1 saturated heterocycles. The molecule has 0 radical (unpaired) electrons. The van der Waals surface area contributed by atoms with Gasteiger partial charge in [-0.1, -0.05) is 32.0 Å². The van der Waals surface area contributed by atoms with Gasteiger partial charge in [0.1, 0.15) is 0 Å². The number of benzene rings is 1. The summed E-state index contributed by atoms with van der Waals surface area (Å²) in [7, 11) is -3.23. The lowest BCUT2D eigenvalue weighted by Gasteiger charge is -2.30. The zero-order chi connectivity index (χ0) is 17.7. The van der Waals surface area contributed by atoms with Crippen molar-refractivity contribution in [3.63, 3.8) is 0 Å². The van der Waals surface area contributed by atoms with Crippen LogP contribution in [0.1, 0.15) is 43.4 Å².